The Hall–Kier alpha value is -1.27. The van der Waals surface area contributed by atoms with Crippen LogP contribution >= 0.6 is 0 Å². The number of nitrogens with one attached hydrogen (secondary N) is 1. The Morgan fingerprint density at radius 3 is 2.58 bits per heavy atom. The van der Waals surface area contributed by atoms with E-state index in [0.717, 1.165) is 12.1 Å². The molecular formula is C13H18F3NO2. The van der Waals surface area contributed by atoms with Gasteiger partial charge < -0.3 is 14.8 Å². The number of alkyl halides is 3. The van der Waals surface area contributed by atoms with E-state index in [1.54, 1.807) is 0 Å². The minimum atomic E-state index is -4.34. The van der Waals surface area contributed by atoms with Crippen molar-refractivity contribution in [3.63, 3.8) is 0 Å². The van der Waals surface area contributed by atoms with Crippen LogP contribution < -0.4 is 10.1 Å². The lowest BCUT2D eigenvalue weighted by molar-refractivity contribution is -0.137. The molecule has 19 heavy (non-hydrogen) atoms. The van der Waals surface area contributed by atoms with Gasteiger partial charge in [-0.25, -0.2) is 0 Å². The van der Waals surface area contributed by atoms with Crippen molar-refractivity contribution >= 4 is 0 Å². The highest BCUT2D eigenvalue weighted by Crippen LogP contribution is 2.31. The highest BCUT2D eigenvalue weighted by molar-refractivity contribution is 5.30. The molecule has 0 unspecified atom stereocenters. The van der Waals surface area contributed by atoms with Crippen molar-refractivity contribution in [2.75, 3.05) is 32.9 Å². The lowest BCUT2D eigenvalue weighted by Gasteiger charge is -2.10. The van der Waals surface area contributed by atoms with Crippen molar-refractivity contribution in [1.29, 1.82) is 0 Å². The smallest absolute Gasteiger partial charge is 0.416 e. The molecule has 108 valence electrons. The van der Waals surface area contributed by atoms with Gasteiger partial charge >= 0.3 is 6.18 Å². The molecule has 0 spiro atoms. The molecule has 0 amide bonds. The van der Waals surface area contributed by atoms with Gasteiger partial charge in [-0.05, 0) is 25.1 Å². The first-order valence-electron chi connectivity index (χ1n) is 6.12. The van der Waals surface area contributed by atoms with Gasteiger partial charge in [-0.3, -0.25) is 0 Å². The molecule has 1 rings (SSSR count). The monoisotopic (exact) mass is 277 g/mol. The first-order valence-corrected chi connectivity index (χ1v) is 6.12. The van der Waals surface area contributed by atoms with Gasteiger partial charge in [-0.1, -0.05) is 6.07 Å². The Labute approximate surface area is 110 Å². The summed E-state index contributed by atoms with van der Waals surface area (Å²) in [4.78, 5) is 0. The highest BCUT2D eigenvalue weighted by Gasteiger charge is 2.30. The summed E-state index contributed by atoms with van der Waals surface area (Å²) in [5, 5.41) is 3.06. The maximum Gasteiger partial charge on any atom is 0.416 e. The topological polar surface area (TPSA) is 30.5 Å². The summed E-state index contributed by atoms with van der Waals surface area (Å²) >= 11 is 0. The standard InChI is InChI=1S/C13H18F3NO2/c1-2-18-8-6-17-7-9-19-12-5-3-4-11(10-12)13(14,15)16/h3-5,10,17H,2,6-9H2,1H3. The second kappa shape index (κ2) is 8.01. The van der Waals surface area contributed by atoms with E-state index in [-0.39, 0.29) is 5.75 Å². The molecule has 0 radical (unpaired) electrons. The maximum absolute atomic E-state index is 12.4. The van der Waals surface area contributed by atoms with Crippen LogP contribution in [0.1, 0.15) is 12.5 Å². The van der Waals surface area contributed by atoms with Gasteiger partial charge in [0.25, 0.3) is 0 Å². The largest absolute Gasteiger partial charge is 0.492 e. The minimum absolute atomic E-state index is 0.224. The number of hydrogen-bond acceptors (Lipinski definition) is 3. The molecule has 3 nitrogen and oxygen atoms in total. The molecule has 0 aliphatic rings. The van der Waals surface area contributed by atoms with E-state index in [2.05, 4.69) is 5.32 Å². The van der Waals surface area contributed by atoms with Gasteiger partial charge in [-0.15, -0.1) is 0 Å². The van der Waals surface area contributed by atoms with E-state index in [1.807, 2.05) is 6.92 Å². The maximum atomic E-state index is 12.4. The number of benzene rings is 1. The number of ether oxygens (including phenoxy) is 2. The van der Waals surface area contributed by atoms with Crippen LogP contribution in [-0.2, 0) is 10.9 Å². The second-order valence-electron chi connectivity index (χ2n) is 3.82. The van der Waals surface area contributed by atoms with Gasteiger partial charge in [-0.2, -0.15) is 13.2 Å². The summed E-state index contributed by atoms with van der Waals surface area (Å²) in [5.74, 6) is 0.224. The zero-order valence-corrected chi connectivity index (χ0v) is 10.8. The fourth-order valence-corrected chi connectivity index (χ4v) is 1.42. The van der Waals surface area contributed by atoms with E-state index in [9.17, 15) is 13.2 Å². The van der Waals surface area contributed by atoms with E-state index < -0.39 is 11.7 Å². The highest BCUT2D eigenvalue weighted by atomic mass is 19.4. The third-order valence-corrected chi connectivity index (χ3v) is 2.34. The SMILES string of the molecule is CCOCCNCCOc1cccc(C(F)(F)F)c1. The average Bonchev–Trinajstić information content (AvgIpc) is 2.37. The Morgan fingerprint density at radius 1 is 1.16 bits per heavy atom. The van der Waals surface area contributed by atoms with E-state index in [4.69, 9.17) is 9.47 Å². The van der Waals surface area contributed by atoms with Gasteiger partial charge in [0.05, 0.1) is 12.2 Å². The lowest BCUT2D eigenvalue weighted by atomic mass is 10.2. The second-order valence-corrected chi connectivity index (χ2v) is 3.82. The van der Waals surface area contributed by atoms with Crippen LogP contribution in [-0.4, -0.2) is 32.9 Å². The van der Waals surface area contributed by atoms with Crippen LogP contribution in [0.15, 0.2) is 24.3 Å². The quantitative estimate of drug-likeness (QED) is 0.741. The fourth-order valence-electron chi connectivity index (χ4n) is 1.42. The molecular weight excluding hydrogens is 259 g/mol. The molecule has 0 fully saturated rings. The minimum Gasteiger partial charge on any atom is -0.492 e. The number of halogens is 3. The first-order chi connectivity index (χ1) is 9.04. The molecule has 0 bridgehead atoms. The van der Waals surface area contributed by atoms with Crippen LogP contribution in [0.3, 0.4) is 0 Å². The van der Waals surface area contributed by atoms with Crippen molar-refractivity contribution in [1.82, 2.24) is 5.32 Å². The Bertz CT molecular complexity index is 369. The molecule has 0 aliphatic carbocycles. The van der Waals surface area contributed by atoms with Crippen LogP contribution in [0.2, 0.25) is 0 Å². The molecule has 6 heteroatoms. The molecule has 1 aromatic carbocycles. The summed E-state index contributed by atoms with van der Waals surface area (Å²) < 4.78 is 47.7. The summed E-state index contributed by atoms with van der Waals surface area (Å²) in [6.07, 6.45) is -4.34. The molecule has 1 aromatic rings. The van der Waals surface area contributed by atoms with Crippen molar-refractivity contribution in [2.45, 2.75) is 13.1 Å². The van der Waals surface area contributed by atoms with Crippen molar-refractivity contribution in [3.8, 4) is 5.75 Å². The normalized spacial score (nSPS) is 11.6. The van der Waals surface area contributed by atoms with Crippen LogP contribution in [0.5, 0.6) is 5.75 Å². The third-order valence-electron chi connectivity index (χ3n) is 2.34. The van der Waals surface area contributed by atoms with Gasteiger partial charge in [0, 0.05) is 19.7 Å². The van der Waals surface area contributed by atoms with Crippen molar-refractivity contribution < 1.29 is 22.6 Å². The molecule has 0 aliphatic heterocycles. The molecule has 0 atom stereocenters. The lowest BCUT2D eigenvalue weighted by Crippen LogP contribution is -2.25. The van der Waals surface area contributed by atoms with Crippen molar-refractivity contribution in [2.24, 2.45) is 0 Å². The van der Waals surface area contributed by atoms with E-state index >= 15 is 0 Å². The number of hydrogen-bond donors (Lipinski definition) is 1. The average molecular weight is 277 g/mol. The predicted octanol–water partition coefficient (Wildman–Crippen LogP) is 2.71. The fraction of sp³-hybridized carbons (Fsp3) is 0.538. The van der Waals surface area contributed by atoms with Crippen LogP contribution in [0.25, 0.3) is 0 Å². The van der Waals surface area contributed by atoms with Gasteiger partial charge in [0.15, 0.2) is 0 Å². The van der Waals surface area contributed by atoms with Crippen LogP contribution in [0, 0.1) is 0 Å². The summed E-state index contributed by atoms with van der Waals surface area (Å²) in [5.41, 5.74) is -0.700. The number of rotatable bonds is 8. The molecule has 1 N–H and O–H groups in total. The first kappa shape index (κ1) is 15.8. The zero-order chi connectivity index (χ0) is 14.1. The summed E-state index contributed by atoms with van der Waals surface area (Å²) in [6, 6.07) is 4.86. The van der Waals surface area contributed by atoms with Crippen LogP contribution in [0.4, 0.5) is 13.2 Å². The summed E-state index contributed by atoms with van der Waals surface area (Å²) in [6.45, 7) is 4.76. The van der Waals surface area contributed by atoms with E-state index in [1.165, 1.54) is 12.1 Å². The molecule has 0 heterocycles. The predicted molar refractivity (Wildman–Crippen MR) is 66.3 cm³/mol. The third kappa shape index (κ3) is 6.45. The Balaban J connectivity index is 2.26. The van der Waals surface area contributed by atoms with Gasteiger partial charge in [0.1, 0.15) is 12.4 Å². The molecule has 0 saturated heterocycles. The van der Waals surface area contributed by atoms with Crippen molar-refractivity contribution in [3.05, 3.63) is 29.8 Å². The Kier molecular flexibility index (Phi) is 6.66. The Morgan fingerprint density at radius 2 is 1.89 bits per heavy atom. The van der Waals surface area contributed by atoms with E-state index in [0.29, 0.717) is 32.9 Å². The zero-order valence-electron chi connectivity index (χ0n) is 10.8. The summed E-state index contributed by atoms with van der Waals surface area (Å²) in [7, 11) is 0. The van der Waals surface area contributed by atoms with Gasteiger partial charge in [0.2, 0.25) is 0 Å². The molecule has 0 aromatic heterocycles. The molecule has 0 saturated carbocycles.